The number of nitrogens with one attached hydrogen (secondary N) is 1. The minimum Gasteiger partial charge on any atom is -0.317 e. The third-order valence-corrected chi connectivity index (χ3v) is 4.27. The monoisotopic (exact) mass is 210 g/mol. The lowest BCUT2D eigenvalue weighted by molar-refractivity contribution is 0.0904. The lowest BCUT2D eigenvalue weighted by atomic mass is 9.95. The summed E-state index contributed by atoms with van der Waals surface area (Å²) >= 11 is 0. The summed E-state index contributed by atoms with van der Waals surface area (Å²) in [7, 11) is 2.10. The van der Waals surface area contributed by atoms with Crippen LogP contribution in [0.1, 0.15) is 46.0 Å². The van der Waals surface area contributed by atoms with Gasteiger partial charge in [-0.1, -0.05) is 12.8 Å². The van der Waals surface area contributed by atoms with Crippen molar-refractivity contribution < 1.29 is 0 Å². The summed E-state index contributed by atoms with van der Waals surface area (Å²) in [5.41, 5.74) is 0. The molecule has 2 rings (SSSR count). The van der Waals surface area contributed by atoms with Gasteiger partial charge in [0, 0.05) is 24.7 Å². The summed E-state index contributed by atoms with van der Waals surface area (Å²) in [6.45, 7) is 6.11. The molecule has 15 heavy (non-hydrogen) atoms. The van der Waals surface area contributed by atoms with Crippen molar-refractivity contribution in [2.24, 2.45) is 5.92 Å². The lowest BCUT2D eigenvalue weighted by Crippen LogP contribution is -2.50. The second kappa shape index (κ2) is 4.84. The van der Waals surface area contributed by atoms with Crippen LogP contribution in [0.4, 0.5) is 0 Å². The summed E-state index contributed by atoms with van der Waals surface area (Å²) in [6, 6.07) is 2.33. The zero-order valence-corrected chi connectivity index (χ0v) is 10.5. The van der Waals surface area contributed by atoms with E-state index >= 15 is 0 Å². The molecule has 0 spiro atoms. The first kappa shape index (κ1) is 11.4. The molecule has 2 nitrogen and oxygen atoms in total. The van der Waals surface area contributed by atoms with Crippen LogP contribution in [0.15, 0.2) is 0 Å². The Morgan fingerprint density at radius 3 is 2.60 bits per heavy atom. The second-order valence-corrected chi connectivity index (χ2v) is 5.62. The normalized spacial score (nSPS) is 35.4. The molecule has 2 heteroatoms. The van der Waals surface area contributed by atoms with Crippen LogP contribution in [0.2, 0.25) is 0 Å². The fourth-order valence-electron chi connectivity index (χ4n) is 3.08. The van der Waals surface area contributed by atoms with E-state index in [1.54, 1.807) is 0 Å². The van der Waals surface area contributed by atoms with E-state index in [4.69, 9.17) is 0 Å². The predicted octanol–water partition coefficient (Wildman–Crippen LogP) is 2.25. The van der Waals surface area contributed by atoms with E-state index in [1.165, 1.54) is 38.6 Å². The largest absolute Gasteiger partial charge is 0.317 e. The molecule has 0 aromatic heterocycles. The van der Waals surface area contributed by atoms with Gasteiger partial charge in [-0.3, -0.25) is 4.90 Å². The molecule has 1 aliphatic carbocycles. The van der Waals surface area contributed by atoms with E-state index in [1.807, 2.05) is 0 Å². The Morgan fingerprint density at radius 2 is 2.07 bits per heavy atom. The fraction of sp³-hybridized carbons (Fsp3) is 1.00. The Hall–Kier alpha value is -0.0800. The molecule has 0 bridgehead atoms. The van der Waals surface area contributed by atoms with Gasteiger partial charge in [-0.2, -0.15) is 0 Å². The minimum absolute atomic E-state index is 0.754. The van der Waals surface area contributed by atoms with Crippen molar-refractivity contribution in [3.63, 3.8) is 0 Å². The maximum absolute atomic E-state index is 3.42. The molecule has 2 aliphatic rings. The number of likely N-dealkylation sites (tertiary alicyclic amines) is 1. The second-order valence-electron chi connectivity index (χ2n) is 5.62. The van der Waals surface area contributed by atoms with Crippen molar-refractivity contribution in [2.45, 2.75) is 64.1 Å². The van der Waals surface area contributed by atoms with E-state index < -0.39 is 0 Å². The highest BCUT2D eigenvalue weighted by atomic mass is 15.2. The van der Waals surface area contributed by atoms with Gasteiger partial charge in [-0.15, -0.1) is 0 Å². The number of piperidine rings is 1. The van der Waals surface area contributed by atoms with E-state index in [2.05, 4.69) is 31.1 Å². The van der Waals surface area contributed by atoms with Gasteiger partial charge in [-0.05, 0) is 46.1 Å². The average Bonchev–Trinajstić information content (AvgIpc) is 3.01. The predicted molar refractivity (Wildman–Crippen MR) is 65.1 cm³/mol. The molecule has 1 saturated heterocycles. The number of rotatable bonds is 4. The standard InChI is InChI=1S/C13H26N2/c1-10(8-12-4-5-12)15-7-6-13(14-3)9-11(15)2/h10-14H,4-9H2,1-3H3. The molecule has 0 aromatic carbocycles. The van der Waals surface area contributed by atoms with Gasteiger partial charge in [0.2, 0.25) is 0 Å². The zero-order valence-electron chi connectivity index (χ0n) is 10.5. The van der Waals surface area contributed by atoms with Gasteiger partial charge >= 0.3 is 0 Å². The average molecular weight is 210 g/mol. The molecule has 88 valence electrons. The van der Waals surface area contributed by atoms with E-state index in [-0.39, 0.29) is 0 Å². The Balaban J connectivity index is 1.81. The van der Waals surface area contributed by atoms with E-state index in [0.717, 1.165) is 24.0 Å². The number of nitrogens with zero attached hydrogens (tertiary/aromatic N) is 1. The van der Waals surface area contributed by atoms with E-state index in [0.29, 0.717) is 0 Å². The molecular weight excluding hydrogens is 184 g/mol. The molecule has 1 heterocycles. The molecule has 1 saturated carbocycles. The highest BCUT2D eigenvalue weighted by Gasteiger charge is 2.31. The van der Waals surface area contributed by atoms with Crippen LogP contribution in [-0.4, -0.2) is 36.6 Å². The minimum atomic E-state index is 0.754. The van der Waals surface area contributed by atoms with Crippen LogP contribution in [-0.2, 0) is 0 Å². The summed E-state index contributed by atoms with van der Waals surface area (Å²) in [6.07, 6.45) is 7.08. The van der Waals surface area contributed by atoms with Gasteiger partial charge < -0.3 is 5.32 Å². The SMILES string of the molecule is CNC1CCN(C(C)CC2CC2)C(C)C1. The van der Waals surface area contributed by atoms with Gasteiger partial charge in [0.1, 0.15) is 0 Å². The van der Waals surface area contributed by atoms with Crippen molar-refractivity contribution in [3.8, 4) is 0 Å². The van der Waals surface area contributed by atoms with Gasteiger partial charge in [0.05, 0.1) is 0 Å². The van der Waals surface area contributed by atoms with E-state index in [9.17, 15) is 0 Å². The van der Waals surface area contributed by atoms with Crippen LogP contribution in [0.25, 0.3) is 0 Å². The Kier molecular flexibility index (Phi) is 3.68. The molecule has 1 N–H and O–H groups in total. The topological polar surface area (TPSA) is 15.3 Å². The summed E-state index contributed by atoms with van der Waals surface area (Å²) in [5.74, 6) is 1.06. The Bertz CT molecular complexity index is 201. The lowest BCUT2D eigenvalue weighted by Gasteiger charge is -2.41. The van der Waals surface area contributed by atoms with Crippen molar-refractivity contribution >= 4 is 0 Å². The summed E-state index contributed by atoms with van der Waals surface area (Å²) in [4.78, 5) is 2.73. The number of hydrogen-bond donors (Lipinski definition) is 1. The van der Waals surface area contributed by atoms with Crippen molar-refractivity contribution in [1.82, 2.24) is 10.2 Å². The first-order valence-corrected chi connectivity index (χ1v) is 6.63. The smallest absolute Gasteiger partial charge is 0.00910 e. The molecule has 2 fully saturated rings. The summed E-state index contributed by atoms with van der Waals surface area (Å²) in [5, 5.41) is 3.42. The Labute approximate surface area is 94.4 Å². The maximum atomic E-state index is 3.42. The van der Waals surface area contributed by atoms with Gasteiger partial charge in [-0.25, -0.2) is 0 Å². The number of hydrogen-bond acceptors (Lipinski definition) is 2. The molecule has 0 radical (unpaired) electrons. The first-order valence-electron chi connectivity index (χ1n) is 6.63. The van der Waals surface area contributed by atoms with Crippen molar-refractivity contribution in [2.75, 3.05) is 13.6 Å². The highest BCUT2D eigenvalue weighted by molar-refractivity contribution is 4.87. The summed E-state index contributed by atoms with van der Waals surface area (Å²) < 4.78 is 0. The van der Waals surface area contributed by atoms with Crippen molar-refractivity contribution in [3.05, 3.63) is 0 Å². The van der Waals surface area contributed by atoms with Crippen LogP contribution in [0.3, 0.4) is 0 Å². The molecule has 0 amide bonds. The van der Waals surface area contributed by atoms with Crippen LogP contribution in [0, 0.1) is 5.92 Å². The molecule has 3 unspecified atom stereocenters. The zero-order chi connectivity index (χ0) is 10.8. The Morgan fingerprint density at radius 1 is 1.33 bits per heavy atom. The van der Waals surface area contributed by atoms with Crippen LogP contribution < -0.4 is 5.32 Å². The molecular formula is C13H26N2. The molecule has 1 aliphatic heterocycles. The highest BCUT2D eigenvalue weighted by Crippen LogP contribution is 2.35. The third kappa shape index (κ3) is 2.94. The third-order valence-electron chi connectivity index (χ3n) is 4.27. The van der Waals surface area contributed by atoms with Crippen LogP contribution >= 0.6 is 0 Å². The first-order chi connectivity index (χ1) is 7.20. The molecule has 3 atom stereocenters. The quantitative estimate of drug-likeness (QED) is 0.765. The van der Waals surface area contributed by atoms with Crippen LogP contribution in [0.5, 0.6) is 0 Å². The maximum Gasteiger partial charge on any atom is 0.00910 e. The fourth-order valence-corrected chi connectivity index (χ4v) is 3.08. The van der Waals surface area contributed by atoms with Gasteiger partial charge in [0.15, 0.2) is 0 Å². The molecule has 0 aromatic rings. The van der Waals surface area contributed by atoms with Gasteiger partial charge in [0.25, 0.3) is 0 Å². The van der Waals surface area contributed by atoms with Crippen molar-refractivity contribution in [1.29, 1.82) is 0 Å².